The molecule has 0 aromatic carbocycles. The molecule has 4 nitrogen and oxygen atoms in total. The van der Waals surface area contributed by atoms with Gasteiger partial charge in [0.25, 0.3) is 0 Å². The van der Waals surface area contributed by atoms with Gasteiger partial charge < -0.3 is 15.1 Å². The summed E-state index contributed by atoms with van der Waals surface area (Å²) in [6.07, 6.45) is 2.40. The summed E-state index contributed by atoms with van der Waals surface area (Å²) in [5.41, 5.74) is 0.393. The average Bonchev–Trinajstić information content (AvgIpc) is 2.88. The van der Waals surface area contributed by atoms with Gasteiger partial charge in [-0.15, -0.1) is 0 Å². The molecule has 1 atom stereocenters. The van der Waals surface area contributed by atoms with Gasteiger partial charge in [0.05, 0.1) is 0 Å². The van der Waals surface area contributed by atoms with Crippen LogP contribution in [0.2, 0.25) is 0 Å². The van der Waals surface area contributed by atoms with Crippen LogP contribution in [0.1, 0.15) is 19.8 Å². The van der Waals surface area contributed by atoms with Crippen molar-refractivity contribution in [3.05, 3.63) is 0 Å². The zero-order valence-corrected chi connectivity index (χ0v) is 9.75. The van der Waals surface area contributed by atoms with E-state index in [-0.39, 0.29) is 6.03 Å². The molecule has 2 rings (SSSR count). The quantitative estimate of drug-likeness (QED) is 0.694. The first kappa shape index (κ1) is 10.7. The van der Waals surface area contributed by atoms with E-state index in [1.807, 2.05) is 18.9 Å². The van der Waals surface area contributed by atoms with Crippen LogP contribution in [0.5, 0.6) is 0 Å². The topological polar surface area (TPSA) is 35.6 Å². The minimum atomic E-state index is 0.196. The number of rotatable bonds is 1. The second kappa shape index (κ2) is 4.00. The van der Waals surface area contributed by atoms with Gasteiger partial charge in [0.1, 0.15) is 0 Å². The van der Waals surface area contributed by atoms with Crippen LogP contribution in [-0.2, 0) is 0 Å². The molecule has 1 N–H and O–H groups in total. The smallest absolute Gasteiger partial charge is 0.319 e. The first-order chi connectivity index (χ1) is 7.17. The number of hydrogen-bond acceptors (Lipinski definition) is 2. The van der Waals surface area contributed by atoms with Gasteiger partial charge in [0.2, 0.25) is 0 Å². The molecule has 2 amide bonds. The lowest BCUT2D eigenvalue weighted by Crippen LogP contribution is -2.41. The van der Waals surface area contributed by atoms with E-state index in [0.29, 0.717) is 5.41 Å². The van der Waals surface area contributed by atoms with Crippen LogP contribution in [0.3, 0.4) is 0 Å². The molecule has 2 aliphatic heterocycles. The first-order valence-electron chi connectivity index (χ1n) is 5.88. The molecule has 0 bridgehead atoms. The molecule has 1 spiro atoms. The Morgan fingerprint density at radius 1 is 1.53 bits per heavy atom. The van der Waals surface area contributed by atoms with Gasteiger partial charge in [-0.1, -0.05) is 0 Å². The monoisotopic (exact) mass is 211 g/mol. The van der Waals surface area contributed by atoms with Gasteiger partial charge in [-0.3, -0.25) is 0 Å². The Balaban J connectivity index is 1.94. The van der Waals surface area contributed by atoms with Crippen LogP contribution in [0, 0.1) is 5.41 Å². The Hall–Kier alpha value is -0.770. The molecular formula is C11H21N3O. The van der Waals surface area contributed by atoms with Crippen LogP contribution in [0.25, 0.3) is 0 Å². The van der Waals surface area contributed by atoms with Gasteiger partial charge >= 0.3 is 6.03 Å². The van der Waals surface area contributed by atoms with Crippen molar-refractivity contribution in [2.45, 2.75) is 19.8 Å². The Kier molecular flexibility index (Phi) is 2.87. The Morgan fingerprint density at radius 2 is 2.33 bits per heavy atom. The van der Waals surface area contributed by atoms with Crippen molar-refractivity contribution in [2.24, 2.45) is 5.41 Å². The van der Waals surface area contributed by atoms with E-state index >= 15 is 0 Å². The van der Waals surface area contributed by atoms with Crippen LogP contribution in [-0.4, -0.2) is 55.6 Å². The summed E-state index contributed by atoms with van der Waals surface area (Å²) >= 11 is 0. The number of nitrogens with one attached hydrogen (secondary N) is 1. The highest BCUT2D eigenvalue weighted by Gasteiger charge is 2.42. The largest absolute Gasteiger partial charge is 0.328 e. The number of carbonyl (C=O) groups excluding carboxylic acids is 1. The number of nitrogens with zero attached hydrogens (tertiary/aromatic N) is 2. The van der Waals surface area contributed by atoms with E-state index in [9.17, 15) is 4.79 Å². The third-order valence-corrected chi connectivity index (χ3v) is 3.84. The van der Waals surface area contributed by atoms with Gasteiger partial charge in [-0.25, -0.2) is 4.79 Å². The molecular weight excluding hydrogens is 190 g/mol. The maximum atomic E-state index is 11.9. The fourth-order valence-corrected chi connectivity index (χ4v) is 2.62. The van der Waals surface area contributed by atoms with Crippen molar-refractivity contribution in [1.82, 2.24) is 15.1 Å². The molecule has 2 fully saturated rings. The predicted octanol–water partition coefficient (Wildman–Crippen LogP) is 0.743. The van der Waals surface area contributed by atoms with E-state index in [0.717, 1.165) is 32.7 Å². The standard InChI is InChI=1S/C11H21N3O/c1-3-13(2)10(15)14-7-5-11(9-14)4-6-12-8-11/h12H,3-9H2,1-2H3. The van der Waals surface area contributed by atoms with E-state index in [1.165, 1.54) is 12.8 Å². The summed E-state index contributed by atoms with van der Waals surface area (Å²) in [4.78, 5) is 15.8. The molecule has 0 saturated carbocycles. The molecule has 2 heterocycles. The number of amides is 2. The van der Waals surface area contributed by atoms with Crippen LogP contribution < -0.4 is 5.32 Å². The number of likely N-dealkylation sites (tertiary alicyclic amines) is 1. The van der Waals surface area contributed by atoms with Crippen molar-refractivity contribution in [3.8, 4) is 0 Å². The fourth-order valence-electron chi connectivity index (χ4n) is 2.62. The fraction of sp³-hybridized carbons (Fsp3) is 0.909. The summed E-state index contributed by atoms with van der Waals surface area (Å²) in [5, 5.41) is 3.41. The Labute approximate surface area is 91.6 Å². The third-order valence-electron chi connectivity index (χ3n) is 3.84. The highest BCUT2D eigenvalue weighted by atomic mass is 16.2. The maximum absolute atomic E-state index is 11.9. The number of hydrogen-bond donors (Lipinski definition) is 1. The molecule has 86 valence electrons. The lowest BCUT2D eigenvalue weighted by Gasteiger charge is -2.26. The normalized spacial score (nSPS) is 30.1. The maximum Gasteiger partial charge on any atom is 0.319 e. The van der Waals surface area contributed by atoms with Crippen LogP contribution >= 0.6 is 0 Å². The van der Waals surface area contributed by atoms with Gasteiger partial charge in [0.15, 0.2) is 0 Å². The highest BCUT2D eigenvalue weighted by Crippen LogP contribution is 2.36. The van der Waals surface area contributed by atoms with Crippen molar-refractivity contribution >= 4 is 6.03 Å². The molecule has 2 saturated heterocycles. The van der Waals surface area contributed by atoms with Gasteiger partial charge in [0, 0.05) is 38.6 Å². The van der Waals surface area contributed by atoms with E-state index < -0.39 is 0 Å². The number of carbonyl (C=O) groups is 1. The third kappa shape index (κ3) is 1.95. The summed E-state index contributed by atoms with van der Waals surface area (Å²) in [6.45, 7) is 6.90. The predicted molar refractivity (Wildman–Crippen MR) is 59.8 cm³/mol. The molecule has 0 aromatic heterocycles. The molecule has 2 aliphatic rings. The van der Waals surface area contributed by atoms with Crippen molar-refractivity contribution in [1.29, 1.82) is 0 Å². The minimum absolute atomic E-state index is 0.196. The highest BCUT2D eigenvalue weighted by molar-refractivity contribution is 5.74. The van der Waals surface area contributed by atoms with Crippen LogP contribution in [0.4, 0.5) is 4.79 Å². The molecule has 1 unspecified atom stereocenters. The number of urea groups is 1. The SMILES string of the molecule is CCN(C)C(=O)N1CCC2(CCNC2)C1. The average molecular weight is 211 g/mol. The van der Waals surface area contributed by atoms with Crippen molar-refractivity contribution in [2.75, 3.05) is 39.8 Å². The molecule has 0 aromatic rings. The van der Waals surface area contributed by atoms with E-state index in [1.54, 1.807) is 4.90 Å². The van der Waals surface area contributed by atoms with Crippen molar-refractivity contribution < 1.29 is 4.79 Å². The first-order valence-corrected chi connectivity index (χ1v) is 5.88. The van der Waals surface area contributed by atoms with Crippen molar-refractivity contribution in [3.63, 3.8) is 0 Å². The summed E-state index contributed by atoms with van der Waals surface area (Å²) in [7, 11) is 1.88. The molecule has 4 heteroatoms. The van der Waals surface area contributed by atoms with E-state index in [2.05, 4.69) is 5.32 Å². The zero-order chi connectivity index (χ0) is 10.9. The lowest BCUT2D eigenvalue weighted by molar-refractivity contribution is 0.169. The second-order valence-electron chi connectivity index (χ2n) is 4.90. The Bertz CT molecular complexity index is 248. The zero-order valence-electron chi connectivity index (χ0n) is 9.75. The lowest BCUT2D eigenvalue weighted by atomic mass is 9.87. The van der Waals surface area contributed by atoms with Gasteiger partial charge in [-0.05, 0) is 26.3 Å². The van der Waals surface area contributed by atoms with E-state index in [4.69, 9.17) is 0 Å². The molecule has 0 aliphatic carbocycles. The molecule has 15 heavy (non-hydrogen) atoms. The Morgan fingerprint density at radius 3 is 2.93 bits per heavy atom. The minimum Gasteiger partial charge on any atom is -0.328 e. The van der Waals surface area contributed by atoms with Gasteiger partial charge in [-0.2, -0.15) is 0 Å². The molecule has 0 radical (unpaired) electrons. The summed E-state index contributed by atoms with van der Waals surface area (Å²) in [6, 6.07) is 0.196. The second-order valence-corrected chi connectivity index (χ2v) is 4.90. The summed E-state index contributed by atoms with van der Waals surface area (Å²) in [5.74, 6) is 0. The van der Waals surface area contributed by atoms with Crippen LogP contribution in [0.15, 0.2) is 0 Å². The summed E-state index contributed by atoms with van der Waals surface area (Å²) < 4.78 is 0.